The van der Waals surface area contributed by atoms with Crippen molar-refractivity contribution < 1.29 is 19.0 Å². The smallest absolute Gasteiger partial charge is 0.337 e. The van der Waals surface area contributed by atoms with Crippen LogP contribution >= 0.6 is 0 Å². The lowest BCUT2D eigenvalue weighted by Gasteiger charge is -2.05. The van der Waals surface area contributed by atoms with Crippen molar-refractivity contribution in [3.8, 4) is 5.75 Å². The Balaban J connectivity index is 2.06. The third kappa shape index (κ3) is 6.71. The molecular weight excluding hydrogens is 220 g/mol. The van der Waals surface area contributed by atoms with Crippen molar-refractivity contribution in [3.05, 3.63) is 30.3 Å². The summed E-state index contributed by atoms with van der Waals surface area (Å²) in [5.41, 5.74) is 0. The minimum Gasteiger partial charge on any atom is -0.425 e. The summed E-state index contributed by atoms with van der Waals surface area (Å²) < 4.78 is 15.4. The predicted octanol–water partition coefficient (Wildman–Crippen LogP) is 2.04. The molecule has 0 saturated carbocycles. The maximum atomic E-state index is 11.3. The van der Waals surface area contributed by atoms with E-state index in [9.17, 15) is 4.79 Å². The lowest BCUT2D eigenvalue weighted by Crippen LogP contribution is -2.17. The Morgan fingerprint density at radius 2 is 1.76 bits per heavy atom. The van der Waals surface area contributed by atoms with Gasteiger partial charge in [-0.2, -0.15) is 0 Å². The molecule has 0 radical (unpaired) electrons. The number of ether oxygens (including phenoxy) is 3. The van der Waals surface area contributed by atoms with Gasteiger partial charge in [-0.25, -0.2) is 4.79 Å². The van der Waals surface area contributed by atoms with Crippen molar-refractivity contribution >= 4 is 5.97 Å². The van der Waals surface area contributed by atoms with Crippen LogP contribution in [0.15, 0.2) is 30.3 Å². The zero-order chi connectivity index (χ0) is 12.3. The second-order valence-corrected chi connectivity index (χ2v) is 3.45. The largest absolute Gasteiger partial charge is 0.425 e. The first kappa shape index (κ1) is 13.7. The highest BCUT2D eigenvalue weighted by Crippen LogP contribution is 2.08. The van der Waals surface area contributed by atoms with Crippen molar-refractivity contribution in [2.24, 2.45) is 0 Å². The van der Waals surface area contributed by atoms with Crippen molar-refractivity contribution in [3.63, 3.8) is 0 Å². The van der Waals surface area contributed by atoms with Crippen LogP contribution in [0.2, 0.25) is 0 Å². The molecule has 0 fully saturated rings. The predicted molar refractivity (Wildman–Crippen MR) is 64.0 cm³/mol. The van der Waals surface area contributed by atoms with Crippen LogP contribution in [-0.2, 0) is 14.3 Å². The lowest BCUT2D eigenvalue weighted by atomic mass is 10.3. The van der Waals surface area contributed by atoms with Gasteiger partial charge in [-0.05, 0) is 18.6 Å². The van der Waals surface area contributed by atoms with Gasteiger partial charge in [0.2, 0.25) is 0 Å². The molecule has 1 aromatic carbocycles. The molecule has 0 saturated heterocycles. The van der Waals surface area contributed by atoms with Crippen molar-refractivity contribution in [2.75, 3.05) is 26.4 Å². The summed E-state index contributed by atoms with van der Waals surface area (Å²) in [6.07, 6.45) is 0.982. The van der Waals surface area contributed by atoms with Crippen LogP contribution in [-0.4, -0.2) is 32.4 Å². The molecule has 0 N–H and O–H groups in total. The number of carbonyl (C=O) groups excluding carboxylic acids is 1. The summed E-state index contributed by atoms with van der Waals surface area (Å²) in [5.74, 6) is 0.134. The minimum absolute atomic E-state index is 0.0512. The number of para-hydroxylation sites is 1. The van der Waals surface area contributed by atoms with Crippen molar-refractivity contribution in [1.29, 1.82) is 0 Å². The third-order valence-corrected chi connectivity index (χ3v) is 1.92. The van der Waals surface area contributed by atoms with Crippen LogP contribution < -0.4 is 4.74 Å². The Bertz CT molecular complexity index is 310. The fourth-order valence-corrected chi connectivity index (χ4v) is 1.17. The first-order valence-electron chi connectivity index (χ1n) is 5.74. The molecular formula is C13H18O4. The Morgan fingerprint density at radius 1 is 1.06 bits per heavy atom. The number of carbonyl (C=O) groups is 1. The summed E-state index contributed by atoms with van der Waals surface area (Å²) in [6, 6.07) is 8.92. The summed E-state index contributed by atoms with van der Waals surface area (Å²) in [4.78, 5) is 11.3. The van der Waals surface area contributed by atoms with Gasteiger partial charge >= 0.3 is 5.97 Å². The third-order valence-electron chi connectivity index (χ3n) is 1.92. The van der Waals surface area contributed by atoms with Gasteiger partial charge in [0.25, 0.3) is 0 Å². The zero-order valence-electron chi connectivity index (χ0n) is 10.1. The first-order valence-corrected chi connectivity index (χ1v) is 5.74. The van der Waals surface area contributed by atoms with E-state index in [4.69, 9.17) is 14.2 Å². The molecule has 0 unspecified atom stereocenters. The van der Waals surface area contributed by atoms with E-state index in [0.717, 1.165) is 13.0 Å². The average molecular weight is 238 g/mol. The number of hydrogen-bond donors (Lipinski definition) is 0. The molecule has 1 rings (SSSR count). The number of benzene rings is 1. The molecule has 0 aliphatic rings. The maximum Gasteiger partial charge on any atom is 0.337 e. The topological polar surface area (TPSA) is 44.8 Å². The monoisotopic (exact) mass is 238 g/mol. The fourth-order valence-electron chi connectivity index (χ4n) is 1.17. The highest BCUT2D eigenvalue weighted by Gasteiger charge is 2.03. The Morgan fingerprint density at radius 3 is 2.47 bits per heavy atom. The highest BCUT2D eigenvalue weighted by atomic mass is 16.6. The molecule has 94 valence electrons. The molecule has 4 heteroatoms. The van der Waals surface area contributed by atoms with Gasteiger partial charge < -0.3 is 14.2 Å². The van der Waals surface area contributed by atoms with Crippen LogP contribution in [0.5, 0.6) is 5.75 Å². The van der Waals surface area contributed by atoms with E-state index in [-0.39, 0.29) is 6.61 Å². The number of rotatable bonds is 8. The van der Waals surface area contributed by atoms with Crippen LogP contribution in [0.4, 0.5) is 0 Å². The van der Waals surface area contributed by atoms with Crippen LogP contribution in [0.25, 0.3) is 0 Å². The lowest BCUT2D eigenvalue weighted by molar-refractivity contribution is -0.140. The van der Waals surface area contributed by atoms with E-state index in [1.165, 1.54) is 0 Å². The Kier molecular flexibility index (Phi) is 7.02. The highest BCUT2D eigenvalue weighted by molar-refractivity contribution is 5.73. The van der Waals surface area contributed by atoms with Gasteiger partial charge in [-0.1, -0.05) is 25.1 Å². The van der Waals surface area contributed by atoms with E-state index in [0.29, 0.717) is 19.0 Å². The number of esters is 1. The van der Waals surface area contributed by atoms with Gasteiger partial charge in [0.15, 0.2) is 0 Å². The second-order valence-electron chi connectivity index (χ2n) is 3.45. The summed E-state index contributed by atoms with van der Waals surface area (Å²) in [5, 5.41) is 0. The van der Waals surface area contributed by atoms with Crippen LogP contribution in [0.3, 0.4) is 0 Å². The van der Waals surface area contributed by atoms with Gasteiger partial charge in [-0.15, -0.1) is 0 Å². The van der Waals surface area contributed by atoms with Gasteiger partial charge in [0.1, 0.15) is 12.4 Å². The molecule has 0 atom stereocenters. The molecule has 0 aliphatic carbocycles. The van der Waals surface area contributed by atoms with Crippen LogP contribution in [0, 0.1) is 0 Å². The summed E-state index contributed by atoms with van der Waals surface area (Å²) in [6.45, 7) is 3.62. The van der Waals surface area contributed by atoms with Gasteiger partial charge in [-0.3, -0.25) is 0 Å². The average Bonchev–Trinajstić information content (AvgIpc) is 2.35. The van der Waals surface area contributed by atoms with Gasteiger partial charge in [0, 0.05) is 6.61 Å². The van der Waals surface area contributed by atoms with E-state index >= 15 is 0 Å². The van der Waals surface area contributed by atoms with Crippen molar-refractivity contribution in [2.45, 2.75) is 13.3 Å². The van der Waals surface area contributed by atoms with E-state index in [1.54, 1.807) is 12.1 Å². The molecule has 0 amide bonds. The molecule has 0 bridgehead atoms. The normalized spacial score (nSPS) is 10.2. The van der Waals surface area contributed by atoms with Crippen molar-refractivity contribution in [1.82, 2.24) is 0 Å². The summed E-state index contributed by atoms with van der Waals surface area (Å²) >= 11 is 0. The Hall–Kier alpha value is -1.39. The Labute approximate surface area is 101 Å². The molecule has 17 heavy (non-hydrogen) atoms. The van der Waals surface area contributed by atoms with Crippen LogP contribution in [0.1, 0.15) is 13.3 Å². The molecule has 0 spiro atoms. The van der Waals surface area contributed by atoms with E-state index < -0.39 is 5.97 Å². The molecule has 4 nitrogen and oxygen atoms in total. The standard InChI is InChI=1S/C13H18O4/c1-2-8-15-9-10-16-11-13(14)17-12-6-4-3-5-7-12/h3-7H,2,8-11H2,1H3. The fraction of sp³-hybridized carbons (Fsp3) is 0.462. The summed E-state index contributed by atoms with van der Waals surface area (Å²) in [7, 11) is 0. The quantitative estimate of drug-likeness (QED) is 0.395. The minimum atomic E-state index is -0.397. The number of hydrogen-bond acceptors (Lipinski definition) is 4. The first-order chi connectivity index (χ1) is 8.33. The maximum absolute atomic E-state index is 11.3. The molecule has 0 aromatic heterocycles. The second kappa shape index (κ2) is 8.73. The molecule has 0 heterocycles. The van der Waals surface area contributed by atoms with E-state index in [2.05, 4.69) is 0 Å². The van der Waals surface area contributed by atoms with Gasteiger partial charge in [0.05, 0.1) is 13.2 Å². The molecule has 0 aliphatic heterocycles. The zero-order valence-corrected chi connectivity index (χ0v) is 10.1. The SMILES string of the molecule is CCCOCCOCC(=O)Oc1ccccc1. The molecule has 1 aromatic rings. The van der Waals surface area contributed by atoms with E-state index in [1.807, 2.05) is 25.1 Å².